The maximum Gasteiger partial charge on any atom is 0.273 e. The molecule has 2 amide bonds. The van der Waals surface area contributed by atoms with Crippen LogP contribution < -0.4 is 24.8 Å². The minimum absolute atomic E-state index is 0.0782. The average molecular weight is 411 g/mol. The van der Waals surface area contributed by atoms with E-state index in [1.54, 1.807) is 12.1 Å². The third kappa shape index (κ3) is 4.69. The zero-order valence-corrected chi connectivity index (χ0v) is 16.7. The zero-order valence-electron chi connectivity index (χ0n) is 16.7. The third-order valence-electron chi connectivity index (χ3n) is 4.16. The second-order valence-electron chi connectivity index (χ2n) is 6.09. The molecular formula is C21H21N3O6. The minimum Gasteiger partial charge on any atom is -0.493 e. The number of rotatable bonds is 8. The standard InChI is InChI=1S/C21H21N3O6/c1-27-17-9-14(10-18(28-2)20(17)29-3)23-19(25)12-22-21(26)15-11-16(30-24-15)13-7-5-4-6-8-13/h4-11H,12H2,1-3H3,(H,22,26)(H,23,25). The van der Waals surface area contributed by atoms with Crippen molar-refractivity contribution in [2.24, 2.45) is 0 Å². The number of hydrogen-bond donors (Lipinski definition) is 2. The van der Waals surface area contributed by atoms with Crippen LogP contribution in [0.25, 0.3) is 11.3 Å². The van der Waals surface area contributed by atoms with Gasteiger partial charge in [0, 0.05) is 29.4 Å². The molecule has 0 radical (unpaired) electrons. The van der Waals surface area contributed by atoms with Gasteiger partial charge in [0.15, 0.2) is 23.0 Å². The van der Waals surface area contributed by atoms with Crippen LogP contribution in [0.5, 0.6) is 17.2 Å². The Balaban J connectivity index is 1.61. The van der Waals surface area contributed by atoms with Crippen LogP contribution in [0.2, 0.25) is 0 Å². The Morgan fingerprint density at radius 3 is 2.23 bits per heavy atom. The Hall–Kier alpha value is -4.01. The Labute approximate surface area is 172 Å². The Morgan fingerprint density at radius 2 is 1.63 bits per heavy atom. The predicted molar refractivity (Wildman–Crippen MR) is 109 cm³/mol. The SMILES string of the molecule is COc1cc(NC(=O)CNC(=O)c2cc(-c3ccccc3)on2)cc(OC)c1OC. The summed E-state index contributed by atoms with van der Waals surface area (Å²) in [5, 5.41) is 8.92. The molecule has 1 heterocycles. The quantitative estimate of drug-likeness (QED) is 0.586. The third-order valence-corrected chi connectivity index (χ3v) is 4.16. The maximum absolute atomic E-state index is 12.3. The summed E-state index contributed by atoms with van der Waals surface area (Å²) in [6.07, 6.45) is 0. The molecule has 9 nitrogen and oxygen atoms in total. The fourth-order valence-electron chi connectivity index (χ4n) is 2.73. The van der Waals surface area contributed by atoms with Crippen LogP contribution >= 0.6 is 0 Å². The lowest BCUT2D eigenvalue weighted by Crippen LogP contribution is -2.33. The molecular weight excluding hydrogens is 390 g/mol. The van der Waals surface area contributed by atoms with Crippen molar-refractivity contribution < 1.29 is 28.3 Å². The number of nitrogens with zero attached hydrogens (tertiary/aromatic N) is 1. The minimum atomic E-state index is -0.527. The normalized spacial score (nSPS) is 10.2. The lowest BCUT2D eigenvalue weighted by molar-refractivity contribution is -0.115. The highest BCUT2D eigenvalue weighted by molar-refractivity contribution is 5.99. The number of carbonyl (C=O) groups is 2. The molecule has 3 rings (SSSR count). The lowest BCUT2D eigenvalue weighted by Gasteiger charge is -2.14. The van der Waals surface area contributed by atoms with Crippen molar-refractivity contribution >= 4 is 17.5 Å². The predicted octanol–water partition coefficient (Wildman–Crippen LogP) is 2.74. The van der Waals surface area contributed by atoms with Gasteiger partial charge in [-0.1, -0.05) is 35.5 Å². The fraction of sp³-hybridized carbons (Fsp3) is 0.190. The number of carbonyl (C=O) groups excluding carboxylic acids is 2. The van der Waals surface area contributed by atoms with E-state index in [2.05, 4.69) is 15.8 Å². The van der Waals surface area contributed by atoms with Gasteiger partial charge in [-0.05, 0) is 0 Å². The van der Waals surface area contributed by atoms with Gasteiger partial charge >= 0.3 is 0 Å². The van der Waals surface area contributed by atoms with E-state index < -0.39 is 11.8 Å². The van der Waals surface area contributed by atoms with Crippen LogP contribution in [-0.2, 0) is 4.79 Å². The van der Waals surface area contributed by atoms with Crippen molar-refractivity contribution in [3.63, 3.8) is 0 Å². The molecule has 0 aliphatic rings. The number of anilines is 1. The molecule has 0 unspecified atom stereocenters. The van der Waals surface area contributed by atoms with Crippen LogP contribution in [0.1, 0.15) is 10.5 Å². The molecule has 0 saturated carbocycles. The topological polar surface area (TPSA) is 112 Å². The lowest BCUT2D eigenvalue weighted by atomic mass is 10.1. The van der Waals surface area contributed by atoms with Gasteiger partial charge in [0.1, 0.15) is 0 Å². The van der Waals surface area contributed by atoms with E-state index in [0.29, 0.717) is 28.7 Å². The summed E-state index contributed by atoms with van der Waals surface area (Å²) in [5.74, 6) is 0.694. The van der Waals surface area contributed by atoms with Crippen LogP contribution in [0.15, 0.2) is 53.1 Å². The van der Waals surface area contributed by atoms with Crippen molar-refractivity contribution in [2.75, 3.05) is 33.2 Å². The molecule has 0 spiro atoms. The summed E-state index contributed by atoms with van der Waals surface area (Å²) < 4.78 is 20.9. The van der Waals surface area contributed by atoms with E-state index in [-0.39, 0.29) is 12.2 Å². The van der Waals surface area contributed by atoms with Gasteiger partial charge in [-0.15, -0.1) is 0 Å². The van der Waals surface area contributed by atoms with Gasteiger partial charge in [0.2, 0.25) is 11.7 Å². The second-order valence-corrected chi connectivity index (χ2v) is 6.09. The zero-order chi connectivity index (χ0) is 21.5. The molecule has 0 atom stereocenters. The van der Waals surface area contributed by atoms with Crippen molar-refractivity contribution in [2.45, 2.75) is 0 Å². The molecule has 9 heteroatoms. The molecule has 0 fully saturated rings. The van der Waals surface area contributed by atoms with Crippen LogP contribution in [0.4, 0.5) is 5.69 Å². The van der Waals surface area contributed by atoms with Crippen molar-refractivity contribution in [3.05, 3.63) is 54.2 Å². The van der Waals surface area contributed by atoms with Crippen LogP contribution in [0, 0.1) is 0 Å². The Morgan fingerprint density at radius 1 is 0.967 bits per heavy atom. The molecule has 0 bridgehead atoms. The van der Waals surface area contributed by atoms with Crippen molar-refractivity contribution in [1.82, 2.24) is 10.5 Å². The van der Waals surface area contributed by atoms with E-state index in [1.165, 1.54) is 27.4 Å². The largest absolute Gasteiger partial charge is 0.493 e. The first-order chi connectivity index (χ1) is 14.5. The maximum atomic E-state index is 12.3. The number of methoxy groups -OCH3 is 3. The smallest absolute Gasteiger partial charge is 0.273 e. The second kappa shape index (κ2) is 9.46. The van der Waals surface area contributed by atoms with E-state index in [4.69, 9.17) is 18.7 Å². The van der Waals surface area contributed by atoms with Gasteiger partial charge in [0.25, 0.3) is 5.91 Å². The number of ether oxygens (including phenoxy) is 3. The number of benzene rings is 2. The molecule has 156 valence electrons. The number of amides is 2. The molecule has 0 aliphatic heterocycles. The van der Waals surface area contributed by atoms with Gasteiger partial charge in [-0.3, -0.25) is 9.59 Å². The van der Waals surface area contributed by atoms with Gasteiger partial charge in [-0.2, -0.15) is 0 Å². The molecule has 0 aliphatic carbocycles. The van der Waals surface area contributed by atoms with E-state index in [9.17, 15) is 9.59 Å². The van der Waals surface area contributed by atoms with Crippen LogP contribution in [0.3, 0.4) is 0 Å². The molecule has 3 aromatic rings. The highest BCUT2D eigenvalue weighted by Crippen LogP contribution is 2.39. The fourth-order valence-corrected chi connectivity index (χ4v) is 2.73. The number of aromatic nitrogens is 1. The van der Waals surface area contributed by atoms with Crippen LogP contribution in [-0.4, -0.2) is 44.8 Å². The summed E-state index contributed by atoms with van der Waals surface area (Å²) in [6, 6.07) is 14.0. The summed E-state index contributed by atoms with van der Waals surface area (Å²) in [6.45, 7) is -0.261. The van der Waals surface area contributed by atoms with Gasteiger partial charge < -0.3 is 29.4 Å². The highest BCUT2D eigenvalue weighted by atomic mass is 16.5. The average Bonchev–Trinajstić information content (AvgIpc) is 3.27. The van der Waals surface area contributed by atoms with Crippen molar-refractivity contribution in [3.8, 4) is 28.6 Å². The van der Waals surface area contributed by atoms with Gasteiger partial charge in [0.05, 0.1) is 27.9 Å². The molecule has 30 heavy (non-hydrogen) atoms. The summed E-state index contributed by atoms with van der Waals surface area (Å²) in [5.41, 5.74) is 1.30. The first kappa shape index (κ1) is 20.7. The number of hydrogen-bond acceptors (Lipinski definition) is 7. The van der Waals surface area contributed by atoms with E-state index >= 15 is 0 Å². The summed E-state index contributed by atoms with van der Waals surface area (Å²) in [7, 11) is 4.44. The Kier molecular flexibility index (Phi) is 6.53. The van der Waals surface area contributed by atoms with Crippen molar-refractivity contribution in [1.29, 1.82) is 0 Å². The molecule has 2 N–H and O–H groups in total. The molecule has 1 aromatic heterocycles. The number of nitrogens with one attached hydrogen (secondary N) is 2. The first-order valence-electron chi connectivity index (χ1n) is 8.96. The Bertz CT molecular complexity index is 1010. The monoisotopic (exact) mass is 411 g/mol. The van der Waals surface area contributed by atoms with Gasteiger partial charge in [-0.25, -0.2) is 0 Å². The summed E-state index contributed by atoms with van der Waals surface area (Å²) in [4.78, 5) is 24.5. The van der Waals surface area contributed by atoms with E-state index in [0.717, 1.165) is 5.56 Å². The highest BCUT2D eigenvalue weighted by Gasteiger charge is 2.17. The first-order valence-corrected chi connectivity index (χ1v) is 8.96. The summed E-state index contributed by atoms with van der Waals surface area (Å²) >= 11 is 0. The molecule has 0 saturated heterocycles. The van der Waals surface area contributed by atoms with E-state index in [1.807, 2.05) is 30.3 Å². The molecule has 2 aromatic carbocycles.